The molecule has 0 atom stereocenters. The summed E-state index contributed by atoms with van der Waals surface area (Å²) >= 11 is 0. The molecular formula is C66H48N2. The Morgan fingerprint density at radius 1 is 0.221 bits per heavy atom. The number of anilines is 6. The maximum absolute atomic E-state index is 2.47. The van der Waals surface area contributed by atoms with Crippen LogP contribution < -0.4 is 9.80 Å². The molecule has 0 fully saturated rings. The number of fused-ring (bicyclic) bond motifs is 4. The molecule has 0 saturated heterocycles. The fourth-order valence-electron chi connectivity index (χ4n) is 10.3. The highest BCUT2D eigenvalue weighted by molar-refractivity contribution is 6.04. The molecule has 0 amide bonds. The third-order valence-electron chi connectivity index (χ3n) is 13.6. The van der Waals surface area contributed by atoms with Crippen molar-refractivity contribution in [2.24, 2.45) is 0 Å². The van der Waals surface area contributed by atoms with Crippen LogP contribution in [-0.2, 0) is 0 Å². The second kappa shape index (κ2) is 17.3. The average molecular weight is 869 g/mol. The maximum Gasteiger partial charge on any atom is 0.0540 e. The van der Waals surface area contributed by atoms with Gasteiger partial charge in [-0.15, -0.1) is 0 Å². The zero-order chi connectivity index (χ0) is 45.6. The van der Waals surface area contributed by atoms with Crippen LogP contribution in [-0.4, -0.2) is 0 Å². The van der Waals surface area contributed by atoms with Crippen LogP contribution in [0.5, 0.6) is 0 Å². The summed E-state index contributed by atoms with van der Waals surface area (Å²) in [5, 5.41) is 9.76. The van der Waals surface area contributed by atoms with Crippen molar-refractivity contribution < 1.29 is 0 Å². The van der Waals surface area contributed by atoms with E-state index in [1.807, 2.05) is 0 Å². The van der Waals surface area contributed by atoms with Crippen molar-refractivity contribution in [2.75, 3.05) is 9.80 Å². The molecule has 0 saturated carbocycles. The van der Waals surface area contributed by atoms with E-state index in [1.54, 1.807) is 0 Å². The summed E-state index contributed by atoms with van der Waals surface area (Å²) in [5.41, 5.74) is 16.3. The number of nitrogens with zero attached hydrogens (tertiary/aromatic N) is 2. The van der Waals surface area contributed by atoms with Crippen LogP contribution >= 0.6 is 0 Å². The summed E-state index contributed by atoms with van der Waals surface area (Å²) in [6.07, 6.45) is 0. The minimum absolute atomic E-state index is 1.13. The number of aryl methyl sites for hydroxylation is 2. The van der Waals surface area contributed by atoms with E-state index in [2.05, 4.69) is 278 Å². The third kappa shape index (κ3) is 7.33. The molecule has 12 aromatic rings. The second-order valence-corrected chi connectivity index (χ2v) is 17.8. The largest absolute Gasteiger partial charge is 0.309 e. The zero-order valence-electron chi connectivity index (χ0n) is 38.1. The summed E-state index contributed by atoms with van der Waals surface area (Å²) in [6.45, 7) is 4.51. The van der Waals surface area contributed by atoms with Crippen molar-refractivity contribution in [1.29, 1.82) is 0 Å². The van der Waals surface area contributed by atoms with Gasteiger partial charge in [-0.2, -0.15) is 0 Å². The first kappa shape index (κ1) is 40.8. The van der Waals surface area contributed by atoms with E-state index in [4.69, 9.17) is 0 Å². The maximum atomic E-state index is 2.47. The molecule has 0 unspecified atom stereocenters. The molecule has 0 radical (unpaired) electrons. The van der Waals surface area contributed by atoms with Crippen molar-refractivity contribution in [3.8, 4) is 33.4 Å². The molecular weight excluding hydrogens is 821 g/mol. The van der Waals surface area contributed by atoms with Gasteiger partial charge in [-0.1, -0.05) is 194 Å². The summed E-state index contributed by atoms with van der Waals surface area (Å²) < 4.78 is 0. The molecule has 0 aliphatic carbocycles. The lowest BCUT2D eigenvalue weighted by atomic mass is 9.95. The quantitative estimate of drug-likeness (QED) is 0.143. The lowest BCUT2D eigenvalue weighted by Crippen LogP contribution is -2.13. The van der Waals surface area contributed by atoms with Gasteiger partial charge in [-0.3, -0.25) is 0 Å². The molecule has 12 rings (SSSR count). The van der Waals surface area contributed by atoms with Crippen LogP contribution in [0, 0.1) is 13.8 Å². The Labute approximate surface area is 398 Å². The summed E-state index contributed by atoms with van der Waals surface area (Å²) in [7, 11) is 0. The van der Waals surface area contributed by atoms with Gasteiger partial charge >= 0.3 is 0 Å². The fraction of sp³-hybridized carbons (Fsp3) is 0.0303. The first-order valence-corrected chi connectivity index (χ1v) is 23.5. The van der Waals surface area contributed by atoms with Crippen molar-refractivity contribution in [3.63, 3.8) is 0 Å². The normalized spacial score (nSPS) is 11.4. The predicted molar refractivity (Wildman–Crippen MR) is 292 cm³/mol. The highest BCUT2D eigenvalue weighted by atomic mass is 15.2. The number of hydrogen-bond donors (Lipinski definition) is 0. The summed E-state index contributed by atoms with van der Waals surface area (Å²) in [5.74, 6) is 0. The van der Waals surface area contributed by atoms with Gasteiger partial charge in [0.1, 0.15) is 0 Å². The van der Waals surface area contributed by atoms with Gasteiger partial charge in [0.05, 0.1) is 22.7 Å². The van der Waals surface area contributed by atoms with E-state index < -0.39 is 0 Å². The molecule has 322 valence electrons. The highest BCUT2D eigenvalue weighted by Crippen LogP contribution is 2.48. The van der Waals surface area contributed by atoms with Gasteiger partial charge in [0.25, 0.3) is 0 Å². The standard InChI is InChI=1S/C66H48N2/c1-45-41-53(37-39-61(45)67(65-31-15-23-49-19-7-9-25-57(49)65)63-29-13-11-27-59(63)55-35-33-47-17-3-5-21-51(47)43-55)54-38-40-62(46(2)42-54)68(66-32-16-24-50-20-8-10-26-58(50)66)64-30-14-12-28-60(64)56-36-34-48-18-4-6-22-52(48)44-56/h3-44H,1-2H3. The second-order valence-electron chi connectivity index (χ2n) is 17.8. The van der Waals surface area contributed by atoms with Crippen LogP contribution in [0.2, 0.25) is 0 Å². The Bertz CT molecular complexity index is 3600. The van der Waals surface area contributed by atoms with E-state index in [9.17, 15) is 0 Å². The van der Waals surface area contributed by atoms with Gasteiger partial charge in [0.2, 0.25) is 0 Å². The van der Waals surface area contributed by atoms with Crippen LogP contribution in [0.4, 0.5) is 34.1 Å². The van der Waals surface area contributed by atoms with Gasteiger partial charge in [-0.05, 0) is 140 Å². The Balaban J connectivity index is 0.981. The van der Waals surface area contributed by atoms with E-state index in [0.717, 1.165) is 34.1 Å². The molecule has 0 aliphatic heterocycles. The number of rotatable bonds is 9. The van der Waals surface area contributed by atoms with Crippen LogP contribution in [0.15, 0.2) is 255 Å². The molecule has 2 nitrogen and oxygen atoms in total. The third-order valence-corrected chi connectivity index (χ3v) is 13.6. The summed E-state index contributed by atoms with van der Waals surface area (Å²) in [4.78, 5) is 4.94. The Hall–Kier alpha value is -8.72. The number of para-hydroxylation sites is 2. The molecule has 0 N–H and O–H groups in total. The van der Waals surface area contributed by atoms with E-state index in [1.165, 1.54) is 87.6 Å². The highest BCUT2D eigenvalue weighted by Gasteiger charge is 2.23. The van der Waals surface area contributed by atoms with Crippen molar-refractivity contribution >= 4 is 77.2 Å². The van der Waals surface area contributed by atoms with Crippen molar-refractivity contribution in [1.82, 2.24) is 0 Å². The Kier molecular flexibility index (Phi) is 10.3. The van der Waals surface area contributed by atoms with Crippen molar-refractivity contribution in [3.05, 3.63) is 266 Å². The monoisotopic (exact) mass is 868 g/mol. The minimum Gasteiger partial charge on any atom is -0.309 e. The molecule has 0 spiro atoms. The first-order chi connectivity index (χ1) is 33.6. The molecule has 0 heterocycles. The molecule has 0 aromatic heterocycles. The SMILES string of the molecule is Cc1cc(-c2ccc(N(c3ccccc3-c3ccc4ccccc4c3)c3cccc4ccccc34)c(C)c2)ccc1N(c1ccccc1-c1ccc2ccccc2c1)c1cccc2ccccc12. The van der Waals surface area contributed by atoms with Gasteiger partial charge in [0, 0.05) is 33.3 Å². The molecule has 0 bridgehead atoms. The molecule has 0 aliphatic rings. The number of hydrogen-bond acceptors (Lipinski definition) is 2. The molecule has 12 aromatic carbocycles. The van der Waals surface area contributed by atoms with Gasteiger partial charge < -0.3 is 9.80 Å². The Morgan fingerprint density at radius 2 is 0.559 bits per heavy atom. The Morgan fingerprint density at radius 3 is 1.00 bits per heavy atom. The topological polar surface area (TPSA) is 6.48 Å². The van der Waals surface area contributed by atoms with Crippen LogP contribution in [0.1, 0.15) is 11.1 Å². The lowest BCUT2D eigenvalue weighted by Gasteiger charge is -2.31. The molecule has 2 heteroatoms. The van der Waals surface area contributed by atoms with Crippen LogP contribution in [0.25, 0.3) is 76.5 Å². The van der Waals surface area contributed by atoms with E-state index in [0.29, 0.717) is 0 Å². The zero-order valence-corrected chi connectivity index (χ0v) is 38.1. The lowest BCUT2D eigenvalue weighted by molar-refractivity contribution is 1.25. The first-order valence-electron chi connectivity index (χ1n) is 23.5. The number of benzene rings is 12. The summed E-state index contributed by atoms with van der Waals surface area (Å²) in [6, 6.07) is 93.2. The fourth-order valence-corrected chi connectivity index (χ4v) is 10.3. The van der Waals surface area contributed by atoms with E-state index in [-0.39, 0.29) is 0 Å². The van der Waals surface area contributed by atoms with Gasteiger partial charge in [-0.25, -0.2) is 0 Å². The van der Waals surface area contributed by atoms with Gasteiger partial charge in [0.15, 0.2) is 0 Å². The minimum atomic E-state index is 1.13. The average Bonchev–Trinajstić information content (AvgIpc) is 3.40. The smallest absolute Gasteiger partial charge is 0.0540 e. The van der Waals surface area contributed by atoms with E-state index >= 15 is 0 Å². The molecule has 68 heavy (non-hydrogen) atoms. The van der Waals surface area contributed by atoms with Crippen molar-refractivity contribution in [2.45, 2.75) is 13.8 Å². The van der Waals surface area contributed by atoms with Crippen LogP contribution in [0.3, 0.4) is 0 Å². The predicted octanol–water partition coefficient (Wildman–Crippen LogP) is 18.9.